The van der Waals surface area contributed by atoms with Crippen LogP contribution in [0, 0.1) is 23.7 Å². The summed E-state index contributed by atoms with van der Waals surface area (Å²) in [4.78, 5) is 72.8. The van der Waals surface area contributed by atoms with Crippen molar-refractivity contribution in [1.29, 1.82) is 0 Å². The van der Waals surface area contributed by atoms with Crippen LogP contribution in [0.2, 0.25) is 0 Å². The third-order valence-corrected chi connectivity index (χ3v) is 19.8. The number of hydrogen-bond donors (Lipinski definition) is 3. The van der Waals surface area contributed by atoms with Gasteiger partial charge >= 0.3 is 39.5 Å². The van der Waals surface area contributed by atoms with Crippen molar-refractivity contribution >= 4 is 39.5 Å². The fraction of sp³-hybridized carbons (Fsp3) is 0.947. The third-order valence-electron chi connectivity index (χ3n) is 17.9. The molecule has 0 rings (SSSR count). The van der Waals surface area contributed by atoms with Crippen LogP contribution in [-0.4, -0.2) is 96.7 Å². The van der Waals surface area contributed by atoms with E-state index in [2.05, 4.69) is 55.4 Å². The minimum absolute atomic E-state index is 0.105. The Morgan fingerprint density at radius 3 is 0.747 bits per heavy atom. The lowest BCUT2D eigenvalue weighted by molar-refractivity contribution is -0.161. The summed E-state index contributed by atoms with van der Waals surface area (Å²) < 4.78 is 68.5. The highest BCUT2D eigenvalue weighted by atomic mass is 31.2. The van der Waals surface area contributed by atoms with E-state index in [1.54, 1.807) is 0 Å². The summed E-state index contributed by atoms with van der Waals surface area (Å²) in [5.74, 6) is 0.954. The molecular weight excluding hydrogens is 1250 g/mol. The zero-order valence-corrected chi connectivity index (χ0v) is 64.1. The van der Waals surface area contributed by atoms with Crippen LogP contribution < -0.4 is 0 Å². The molecule has 564 valence electrons. The molecule has 0 heterocycles. The monoisotopic (exact) mass is 1400 g/mol. The molecule has 3 N–H and O–H groups in total. The van der Waals surface area contributed by atoms with E-state index in [0.29, 0.717) is 31.6 Å². The standard InChI is InChI=1S/C76H148O17P2/c1-9-69(8)55-47-39-31-23-16-12-10-11-13-17-25-33-42-50-58-75(80)92-71(62-86-73(78)56-48-40-32-24-20-19-22-29-37-45-53-67(4)5)64-90-94(82,83)88-60-70(77)61-89-95(84,85)91-65-72(63-87-74(79)57-49-41-35-27-30-38-46-54-68(6)7)93-76(81)59-51-43-34-26-18-14-15-21-28-36-44-52-66(2)3/h66-72,77H,9-65H2,1-8H3,(H,82,83)(H,84,85)/t69?,70?,71-,72-/m1/s1. The number of carbonyl (C=O) groups excluding carboxylic acids is 4. The first-order chi connectivity index (χ1) is 45.6. The van der Waals surface area contributed by atoms with E-state index in [1.807, 2.05) is 0 Å². The molecule has 0 bridgehead atoms. The van der Waals surface area contributed by atoms with Crippen molar-refractivity contribution in [2.75, 3.05) is 39.6 Å². The maximum absolute atomic E-state index is 13.1. The lowest BCUT2D eigenvalue weighted by atomic mass is 9.99. The molecule has 0 aromatic rings. The Hall–Kier alpha value is -1.94. The normalized spacial score (nSPS) is 14.4. The number of ether oxygens (including phenoxy) is 4. The molecule has 19 heteroatoms. The van der Waals surface area contributed by atoms with E-state index in [0.717, 1.165) is 114 Å². The molecule has 0 aliphatic rings. The second-order valence-electron chi connectivity index (χ2n) is 29.1. The predicted octanol–water partition coefficient (Wildman–Crippen LogP) is 22.0. The molecule has 6 atom stereocenters. The first-order valence-corrected chi connectivity index (χ1v) is 42.2. The summed E-state index contributed by atoms with van der Waals surface area (Å²) >= 11 is 0. The molecule has 0 amide bonds. The van der Waals surface area contributed by atoms with Gasteiger partial charge in [-0.3, -0.25) is 37.3 Å². The fourth-order valence-electron chi connectivity index (χ4n) is 11.5. The summed E-state index contributed by atoms with van der Waals surface area (Å²) in [6.45, 7) is 14.2. The largest absolute Gasteiger partial charge is 0.472 e. The molecule has 0 saturated heterocycles. The molecule has 0 aliphatic heterocycles. The van der Waals surface area contributed by atoms with Gasteiger partial charge in [0.05, 0.1) is 26.4 Å². The first kappa shape index (κ1) is 93.1. The van der Waals surface area contributed by atoms with Gasteiger partial charge in [0.25, 0.3) is 0 Å². The highest BCUT2D eigenvalue weighted by Crippen LogP contribution is 2.45. The summed E-state index contributed by atoms with van der Waals surface area (Å²) in [5, 5.41) is 10.6. The van der Waals surface area contributed by atoms with Gasteiger partial charge in [-0.2, -0.15) is 0 Å². The van der Waals surface area contributed by atoms with Crippen molar-refractivity contribution in [1.82, 2.24) is 0 Å². The Bertz CT molecular complexity index is 1870. The molecule has 4 unspecified atom stereocenters. The first-order valence-electron chi connectivity index (χ1n) is 39.2. The number of aliphatic hydroxyl groups is 1. The molecule has 95 heavy (non-hydrogen) atoms. The minimum Gasteiger partial charge on any atom is -0.462 e. The Morgan fingerprint density at radius 1 is 0.295 bits per heavy atom. The predicted molar refractivity (Wildman–Crippen MR) is 386 cm³/mol. The Morgan fingerprint density at radius 2 is 0.505 bits per heavy atom. The van der Waals surface area contributed by atoms with Crippen LogP contribution >= 0.6 is 15.6 Å². The number of aliphatic hydroxyl groups excluding tert-OH is 1. The average molecular weight is 1400 g/mol. The number of rotatable bonds is 73. The minimum atomic E-state index is -4.96. The Kier molecular flexibility index (Phi) is 64.0. The zero-order chi connectivity index (χ0) is 70.3. The van der Waals surface area contributed by atoms with Gasteiger partial charge in [0.15, 0.2) is 12.2 Å². The Balaban J connectivity index is 5.25. The van der Waals surface area contributed by atoms with Crippen LogP contribution in [0.4, 0.5) is 0 Å². The topological polar surface area (TPSA) is 237 Å². The van der Waals surface area contributed by atoms with E-state index in [-0.39, 0.29) is 25.7 Å². The van der Waals surface area contributed by atoms with E-state index in [1.165, 1.54) is 180 Å². The fourth-order valence-corrected chi connectivity index (χ4v) is 13.1. The Labute approximate surface area is 581 Å². The molecule has 0 aromatic heterocycles. The SMILES string of the molecule is CCC(C)CCCCCCCCCCCCCCCCC(=O)O[C@H](COC(=O)CCCCCCCCCCCCC(C)C)COP(=O)(O)OCC(O)COP(=O)(O)OC[C@@H](COC(=O)CCCCCCCCCC(C)C)OC(=O)CCCCCCCCCCCCCC(C)C. The molecule has 0 saturated carbocycles. The molecule has 0 spiro atoms. The van der Waals surface area contributed by atoms with Gasteiger partial charge in [-0.15, -0.1) is 0 Å². The van der Waals surface area contributed by atoms with Gasteiger partial charge in [-0.25, -0.2) is 9.13 Å². The summed E-state index contributed by atoms with van der Waals surface area (Å²) in [6.07, 6.45) is 49.9. The number of esters is 4. The maximum Gasteiger partial charge on any atom is 0.472 e. The van der Waals surface area contributed by atoms with Crippen molar-refractivity contribution in [2.45, 2.75) is 401 Å². The van der Waals surface area contributed by atoms with Crippen molar-refractivity contribution in [3.8, 4) is 0 Å². The number of hydrogen-bond acceptors (Lipinski definition) is 15. The molecule has 0 aliphatic carbocycles. The van der Waals surface area contributed by atoms with Gasteiger partial charge in [0.1, 0.15) is 19.3 Å². The quantitative estimate of drug-likeness (QED) is 0.0222. The van der Waals surface area contributed by atoms with Crippen LogP contribution in [0.1, 0.15) is 383 Å². The molecule has 17 nitrogen and oxygen atoms in total. The van der Waals surface area contributed by atoms with Gasteiger partial charge in [-0.05, 0) is 49.4 Å². The second kappa shape index (κ2) is 65.4. The van der Waals surface area contributed by atoms with Crippen molar-refractivity contribution < 1.29 is 80.2 Å². The number of unbranched alkanes of at least 4 members (excludes halogenated alkanes) is 38. The van der Waals surface area contributed by atoms with Gasteiger partial charge in [0, 0.05) is 25.7 Å². The second-order valence-corrected chi connectivity index (χ2v) is 32.0. The molecule has 0 aromatic carbocycles. The van der Waals surface area contributed by atoms with E-state index < -0.39 is 97.5 Å². The van der Waals surface area contributed by atoms with Gasteiger partial charge in [0.2, 0.25) is 0 Å². The van der Waals surface area contributed by atoms with E-state index in [4.69, 9.17) is 37.0 Å². The maximum atomic E-state index is 13.1. The van der Waals surface area contributed by atoms with E-state index >= 15 is 0 Å². The average Bonchev–Trinajstić information content (AvgIpc) is 2.79. The third kappa shape index (κ3) is 69.0. The summed E-state index contributed by atoms with van der Waals surface area (Å²) in [5.41, 5.74) is 0. The highest BCUT2D eigenvalue weighted by molar-refractivity contribution is 7.47. The lowest BCUT2D eigenvalue weighted by Crippen LogP contribution is -2.30. The van der Waals surface area contributed by atoms with Gasteiger partial charge < -0.3 is 33.8 Å². The van der Waals surface area contributed by atoms with Crippen LogP contribution in [0.3, 0.4) is 0 Å². The van der Waals surface area contributed by atoms with Crippen LogP contribution in [0.5, 0.6) is 0 Å². The lowest BCUT2D eigenvalue weighted by Gasteiger charge is -2.21. The van der Waals surface area contributed by atoms with Crippen LogP contribution in [-0.2, 0) is 65.4 Å². The van der Waals surface area contributed by atoms with Crippen molar-refractivity contribution in [2.24, 2.45) is 23.7 Å². The number of carbonyl (C=O) groups is 4. The van der Waals surface area contributed by atoms with E-state index in [9.17, 15) is 43.2 Å². The van der Waals surface area contributed by atoms with Crippen molar-refractivity contribution in [3.63, 3.8) is 0 Å². The number of phosphoric ester groups is 2. The summed E-state index contributed by atoms with van der Waals surface area (Å²) in [7, 11) is -9.91. The highest BCUT2D eigenvalue weighted by Gasteiger charge is 2.30. The van der Waals surface area contributed by atoms with Crippen LogP contribution in [0.25, 0.3) is 0 Å². The summed E-state index contributed by atoms with van der Waals surface area (Å²) in [6, 6.07) is 0. The molecule has 0 radical (unpaired) electrons. The smallest absolute Gasteiger partial charge is 0.462 e. The van der Waals surface area contributed by atoms with Gasteiger partial charge in [-0.1, -0.05) is 331 Å². The molecule has 0 fully saturated rings. The van der Waals surface area contributed by atoms with Crippen LogP contribution in [0.15, 0.2) is 0 Å². The number of phosphoric acid groups is 2. The molecular formula is C76H148O17P2. The zero-order valence-electron chi connectivity index (χ0n) is 62.3. The van der Waals surface area contributed by atoms with Crippen molar-refractivity contribution in [3.05, 3.63) is 0 Å².